The van der Waals surface area contributed by atoms with Crippen LogP contribution in [0.1, 0.15) is 42.6 Å². The summed E-state index contributed by atoms with van der Waals surface area (Å²) in [5.74, 6) is 0.0892. The first-order valence-corrected chi connectivity index (χ1v) is 7.24. The highest BCUT2D eigenvalue weighted by Gasteiger charge is 2.15. The van der Waals surface area contributed by atoms with Crippen molar-refractivity contribution in [3.63, 3.8) is 0 Å². The van der Waals surface area contributed by atoms with Gasteiger partial charge >= 0.3 is 0 Å². The molecule has 108 valence electrons. The summed E-state index contributed by atoms with van der Waals surface area (Å²) in [6.07, 6.45) is 6.28. The Balaban J connectivity index is 1.68. The molecule has 1 fully saturated rings. The zero-order valence-corrected chi connectivity index (χ0v) is 11.7. The molecule has 1 N–H and O–H groups in total. The summed E-state index contributed by atoms with van der Waals surface area (Å²) in [4.78, 5) is 29.5. The zero-order valence-electron chi connectivity index (χ0n) is 11.7. The quantitative estimate of drug-likeness (QED) is 0.830. The van der Waals surface area contributed by atoms with Crippen molar-refractivity contribution in [2.24, 2.45) is 0 Å². The summed E-state index contributed by atoms with van der Waals surface area (Å²) >= 11 is 0. The van der Waals surface area contributed by atoms with E-state index in [9.17, 15) is 9.59 Å². The maximum atomic E-state index is 11.8. The normalized spacial score (nSPS) is 15.8. The molecule has 2 amide bonds. The van der Waals surface area contributed by atoms with E-state index in [-0.39, 0.29) is 11.8 Å². The van der Waals surface area contributed by atoms with Crippen molar-refractivity contribution in [2.45, 2.75) is 32.1 Å². The van der Waals surface area contributed by atoms with Crippen molar-refractivity contribution in [1.82, 2.24) is 15.2 Å². The molecule has 1 saturated heterocycles. The van der Waals surface area contributed by atoms with Crippen LogP contribution in [-0.2, 0) is 4.79 Å². The first-order valence-electron chi connectivity index (χ1n) is 7.24. The molecule has 5 heteroatoms. The molecule has 0 bridgehead atoms. The van der Waals surface area contributed by atoms with E-state index in [2.05, 4.69) is 10.3 Å². The Bertz CT molecular complexity index is 448. The van der Waals surface area contributed by atoms with Gasteiger partial charge in [-0.3, -0.25) is 14.6 Å². The summed E-state index contributed by atoms with van der Waals surface area (Å²) in [5.41, 5.74) is 0.429. The van der Waals surface area contributed by atoms with Gasteiger partial charge in [0.05, 0.1) is 0 Å². The van der Waals surface area contributed by atoms with Gasteiger partial charge in [0.2, 0.25) is 5.91 Å². The van der Waals surface area contributed by atoms with Crippen LogP contribution >= 0.6 is 0 Å². The van der Waals surface area contributed by atoms with E-state index in [4.69, 9.17) is 0 Å². The van der Waals surface area contributed by atoms with E-state index >= 15 is 0 Å². The van der Waals surface area contributed by atoms with Gasteiger partial charge in [-0.15, -0.1) is 0 Å². The molecule has 0 saturated carbocycles. The van der Waals surface area contributed by atoms with E-state index in [0.717, 1.165) is 38.8 Å². The first-order chi connectivity index (χ1) is 9.77. The molecule has 1 aromatic rings. The van der Waals surface area contributed by atoms with Gasteiger partial charge in [0.1, 0.15) is 5.69 Å². The molecular weight excluding hydrogens is 254 g/mol. The Morgan fingerprint density at radius 2 is 2.20 bits per heavy atom. The maximum Gasteiger partial charge on any atom is 0.269 e. The average molecular weight is 275 g/mol. The van der Waals surface area contributed by atoms with Gasteiger partial charge in [-0.1, -0.05) is 12.5 Å². The molecule has 0 radical (unpaired) electrons. The Hall–Kier alpha value is -1.91. The van der Waals surface area contributed by atoms with E-state index in [0.29, 0.717) is 18.7 Å². The minimum Gasteiger partial charge on any atom is -0.351 e. The maximum absolute atomic E-state index is 11.8. The molecule has 0 unspecified atom stereocenters. The summed E-state index contributed by atoms with van der Waals surface area (Å²) in [6, 6.07) is 5.26. The molecular formula is C15H21N3O2. The number of likely N-dealkylation sites (tertiary alicyclic amines) is 1. The molecule has 2 rings (SSSR count). The Kier molecular flexibility index (Phi) is 5.53. The highest BCUT2D eigenvalue weighted by molar-refractivity contribution is 5.92. The lowest BCUT2D eigenvalue weighted by Crippen LogP contribution is -2.34. The predicted molar refractivity (Wildman–Crippen MR) is 76.2 cm³/mol. The molecule has 5 nitrogen and oxygen atoms in total. The number of pyridine rings is 1. The number of aromatic nitrogens is 1. The summed E-state index contributed by atoms with van der Waals surface area (Å²) in [6.45, 7) is 2.15. The topological polar surface area (TPSA) is 62.3 Å². The SMILES string of the molecule is O=C(NCCCN1CCCCCC1=O)c1ccccn1. The second-order valence-corrected chi connectivity index (χ2v) is 5.02. The fraction of sp³-hybridized carbons (Fsp3) is 0.533. The minimum absolute atomic E-state index is 0.159. The van der Waals surface area contributed by atoms with E-state index in [1.54, 1.807) is 24.4 Å². The van der Waals surface area contributed by atoms with Crippen molar-refractivity contribution in [3.8, 4) is 0 Å². The van der Waals surface area contributed by atoms with E-state index < -0.39 is 0 Å². The number of hydrogen-bond donors (Lipinski definition) is 1. The van der Waals surface area contributed by atoms with Crippen LogP contribution in [-0.4, -0.2) is 41.3 Å². The van der Waals surface area contributed by atoms with E-state index in [1.807, 2.05) is 4.90 Å². The average Bonchev–Trinajstić information content (AvgIpc) is 2.69. The number of carbonyl (C=O) groups is 2. The van der Waals surface area contributed by atoms with Crippen LogP contribution in [0.15, 0.2) is 24.4 Å². The minimum atomic E-state index is -0.159. The Morgan fingerprint density at radius 3 is 3.00 bits per heavy atom. The van der Waals surface area contributed by atoms with Gasteiger partial charge in [-0.2, -0.15) is 0 Å². The Morgan fingerprint density at radius 1 is 1.30 bits per heavy atom. The van der Waals surface area contributed by atoms with Crippen molar-refractivity contribution in [2.75, 3.05) is 19.6 Å². The van der Waals surface area contributed by atoms with Gasteiger partial charge < -0.3 is 10.2 Å². The standard InChI is InChI=1S/C15H21N3O2/c19-14-8-2-1-5-11-18(14)12-6-10-17-15(20)13-7-3-4-9-16-13/h3-4,7,9H,1-2,5-6,8,10-12H2,(H,17,20). The molecule has 0 spiro atoms. The van der Waals surface area contributed by atoms with Gasteiger partial charge in [0.15, 0.2) is 0 Å². The molecule has 20 heavy (non-hydrogen) atoms. The fourth-order valence-electron chi connectivity index (χ4n) is 2.33. The van der Waals surface area contributed by atoms with Crippen LogP contribution < -0.4 is 5.32 Å². The Labute approximate surface area is 119 Å². The van der Waals surface area contributed by atoms with Crippen molar-refractivity contribution >= 4 is 11.8 Å². The molecule has 2 heterocycles. The lowest BCUT2D eigenvalue weighted by atomic mass is 10.2. The van der Waals surface area contributed by atoms with Crippen LogP contribution in [0.4, 0.5) is 0 Å². The second-order valence-electron chi connectivity index (χ2n) is 5.02. The van der Waals surface area contributed by atoms with E-state index in [1.165, 1.54) is 0 Å². The monoisotopic (exact) mass is 275 g/mol. The summed E-state index contributed by atoms with van der Waals surface area (Å²) in [5, 5.41) is 2.83. The molecule has 1 aliphatic heterocycles. The molecule has 0 aliphatic carbocycles. The molecule has 1 aromatic heterocycles. The van der Waals surface area contributed by atoms with Crippen molar-refractivity contribution in [1.29, 1.82) is 0 Å². The molecule has 0 aromatic carbocycles. The predicted octanol–water partition coefficient (Wildman–Crippen LogP) is 1.60. The van der Waals surface area contributed by atoms with Gasteiger partial charge in [0, 0.05) is 32.3 Å². The fourth-order valence-corrected chi connectivity index (χ4v) is 2.33. The third kappa shape index (κ3) is 4.33. The first kappa shape index (κ1) is 14.5. The number of rotatable bonds is 5. The largest absolute Gasteiger partial charge is 0.351 e. The summed E-state index contributed by atoms with van der Waals surface area (Å²) < 4.78 is 0. The number of hydrogen-bond acceptors (Lipinski definition) is 3. The third-order valence-corrected chi connectivity index (χ3v) is 3.46. The smallest absolute Gasteiger partial charge is 0.269 e. The summed E-state index contributed by atoms with van der Waals surface area (Å²) in [7, 11) is 0. The number of amides is 2. The molecule has 1 aliphatic rings. The lowest BCUT2D eigenvalue weighted by Gasteiger charge is -2.20. The third-order valence-electron chi connectivity index (χ3n) is 3.46. The van der Waals surface area contributed by atoms with Crippen LogP contribution in [0.2, 0.25) is 0 Å². The second kappa shape index (κ2) is 7.62. The van der Waals surface area contributed by atoms with Gasteiger partial charge in [0.25, 0.3) is 5.91 Å². The van der Waals surface area contributed by atoms with Crippen LogP contribution in [0.3, 0.4) is 0 Å². The van der Waals surface area contributed by atoms with Crippen molar-refractivity contribution in [3.05, 3.63) is 30.1 Å². The van der Waals surface area contributed by atoms with Crippen LogP contribution in [0.5, 0.6) is 0 Å². The number of carbonyl (C=O) groups excluding carboxylic acids is 2. The van der Waals surface area contributed by atoms with Gasteiger partial charge in [-0.25, -0.2) is 0 Å². The lowest BCUT2D eigenvalue weighted by molar-refractivity contribution is -0.130. The van der Waals surface area contributed by atoms with Gasteiger partial charge in [-0.05, 0) is 31.4 Å². The van der Waals surface area contributed by atoms with Crippen molar-refractivity contribution < 1.29 is 9.59 Å². The van der Waals surface area contributed by atoms with Crippen LogP contribution in [0, 0.1) is 0 Å². The number of nitrogens with one attached hydrogen (secondary N) is 1. The highest BCUT2D eigenvalue weighted by atomic mass is 16.2. The zero-order chi connectivity index (χ0) is 14.2. The molecule has 0 atom stereocenters. The highest BCUT2D eigenvalue weighted by Crippen LogP contribution is 2.11. The van der Waals surface area contributed by atoms with Crippen LogP contribution in [0.25, 0.3) is 0 Å². The number of nitrogens with zero attached hydrogens (tertiary/aromatic N) is 2.